The molecule has 1 amide bonds. The average Bonchev–Trinajstić information content (AvgIpc) is 3.07. The van der Waals surface area contributed by atoms with Crippen molar-refractivity contribution in [3.05, 3.63) is 36.5 Å². The second-order valence-electron chi connectivity index (χ2n) is 14.1. The number of unbranched alkanes of at least 4 members (excludes halogenated alkanes) is 26. The molecule has 0 aromatic heterocycles. The van der Waals surface area contributed by atoms with Gasteiger partial charge in [-0.2, -0.15) is 0 Å². The van der Waals surface area contributed by atoms with Crippen molar-refractivity contribution in [3.8, 4) is 0 Å². The summed E-state index contributed by atoms with van der Waals surface area (Å²) in [6.07, 6.45) is 51.0. The van der Waals surface area contributed by atoms with E-state index in [4.69, 9.17) is 0 Å². The van der Waals surface area contributed by atoms with Crippen molar-refractivity contribution >= 4 is 5.91 Å². The molecule has 0 saturated heterocycles. The van der Waals surface area contributed by atoms with Gasteiger partial charge in [-0.25, -0.2) is 0 Å². The fraction of sp³-hybridized carbons (Fsp3) is 0.837. The van der Waals surface area contributed by atoms with Crippen LogP contribution in [0.2, 0.25) is 0 Å². The Bertz CT molecular complexity index is 716. The van der Waals surface area contributed by atoms with Crippen LogP contribution in [0.5, 0.6) is 0 Å². The van der Waals surface area contributed by atoms with E-state index in [1.54, 1.807) is 6.08 Å². The smallest absolute Gasteiger partial charge is 0.220 e. The Hall–Kier alpha value is -1.39. The summed E-state index contributed by atoms with van der Waals surface area (Å²) in [5.74, 6) is -0.0785. The summed E-state index contributed by atoms with van der Waals surface area (Å²) in [6.45, 7) is 4.26. The summed E-state index contributed by atoms with van der Waals surface area (Å²) in [4.78, 5) is 12.3. The largest absolute Gasteiger partial charge is 0.394 e. The number of carbonyl (C=O) groups is 1. The molecule has 0 aliphatic heterocycles. The standard InChI is InChI=1S/C43H81NO3/c1-3-5-7-9-11-13-15-17-19-20-21-22-23-24-25-26-28-30-32-34-36-38-42(46)41(40-45)44-43(47)39-37-35-33-31-29-27-18-16-14-12-10-8-6-4-2/h10,12,16,18,36,38,41-42,45-46H,3-9,11,13-15,17,19-35,37,39-40H2,1-2H3,(H,44,47)/b12-10-,18-16-,38-36+. The van der Waals surface area contributed by atoms with Crippen LogP contribution >= 0.6 is 0 Å². The van der Waals surface area contributed by atoms with Crippen LogP contribution in [0.15, 0.2) is 36.5 Å². The number of rotatable bonds is 37. The van der Waals surface area contributed by atoms with Crippen LogP contribution in [-0.2, 0) is 4.79 Å². The zero-order valence-corrected chi connectivity index (χ0v) is 31.5. The first-order valence-corrected chi connectivity index (χ1v) is 20.7. The third kappa shape index (κ3) is 35.7. The molecule has 4 nitrogen and oxygen atoms in total. The molecule has 0 heterocycles. The molecule has 0 aliphatic rings. The van der Waals surface area contributed by atoms with E-state index in [0.717, 1.165) is 44.9 Å². The van der Waals surface area contributed by atoms with Crippen LogP contribution in [0.3, 0.4) is 0 Å². The second-order valence-corrected chi connectivity index (χ2v) is 14.1. The van der Waals surface area contributed by atoms with Gasteiger partial charge in [0.25, 0.3) is 0 Å². The summed E-state index contributed by atoms with van der Waals surface area (Å²) < 4.78 is 0. The van der Waals surface area contributed by atoms with Gasteiger partial charge in [0.1, 0.15) is 0 Å². The lowest BCUT2D eigenvalue weighted by Crippen LogP contribution is -2.45. The maximum absolute atomic E-state index is 12.3. The molecule has 0 spiro atoms. The first-order valence-electron chi connectivity index (χ1n) is 20.7. The van der Waals surface area contributed by atoms with Crippen molar-refractivity contribution in [2.24, 2.45) is 0 Å². The van der Waals surface area contributed by atoms with Crippen molar-refractivity contribution in [2.45, 2.75) is 225 Å². The molecule has 3 N–H and O–H groups in total. The number of carbonyl (C=O) groups excluding carboxylic acids is 1. The number of amides is 1. The van der Waals surface area contributed by atoms with Crippen molar-refractivity contribution in [1.29, 1.82) is 0 Å². The minimum absolute atomic E-state index is 0.0785. The zero-order valence-electron chi connectivity index (χ0n) is 31.5. The van der Waals surface area contributed by atoms with Gasteiger partial charge >= 0.3 is 0 Å². The van der Waals surface area contributed by atoms with E-state index in [2.05, 4.69) is 43.5 Å². The highest BCUT2D eigenvalue weighted by Crippen LogP contribution is 2.15. The summed E-state index contributed by atoms with van der Waals surface area (Å²) in [5.41, 5.74) is 0. The van der Waals surface area contributed by atoms with Gasteiger partial charge in [0.05, 0.1) is 18.8 Å². The molecule has 0 rings (SSSR count). The van der Waals surface area contributed by atoms with E-state index in [-0.39, 0.29) is 12.5 Å². The Morgan fingerprint density at radius 2 is 0.894 bits per heavy atom. The summed E-state index contributed by atoms with van der Waals surface area (Å²) in [6, 6.07) is -0.628. The van der Waals surface area contributed by atoms with Gasteiger partial charge in [0.15, 0.2) is 0 Å². The maximum Gasteiger partial charge on any atom is 0.220 e. The molecular formula is C43H81NO3. The molecular weight excluding hydrogens is 578 g/mol. The van der Waals surface area contributed by atoms with Gasteiger partial charge in [-0.3, -0.25) is 4.79 Å². The molecule has 0 bridgehead atoms. The third-order valence-corrected chi connectivity index (χ3v) is 9.37. The number of allylic oxidation sites excluding steroid dienone is 5. The summed E-state index contributed by atoms with van der Waals surface area (Å²) >= 11 is 0. The topological polar surface area (TPSA) is 69.6 Å². The Labute approximate surface area is 293 Å². The highest BCUT2D eigenvalue weighted by molar-refractivity contribution is 5.76. The van der Waals surface area contributed by atoms with E-state index in [9.17, 15) is 15.0 Å². The van der Waals surface area contributed by atoms with E-state index in [0.29, 0.717) is 6.42 Å². The highest BCUT2D eigenvalue weighted by atomic mass is 16.3. The predicted molar refractivity (Wildman–Crippen MR) is 207 cm³/mol. The summed E-state index contributed by atoms with van der Waals surface area (Å²) in [5, 5.41) is 23.0. The minimum Gasteiger partial charge on any atom is -0.394 e. The first-order chi connectivity index (χ1) is 23.2. The van der Waals surface area contributed by atoms with Gasteiger partial charge in [-0.1, -0.05) is 198 Å². The van der Waals surface area contributed by atoms with Crippen molar-refractivity contribution in [1.82, 2.24) is 5.32 Å². The van der Waals surface area contributed by atoms with Gasteiger partial charge in [-0.15, -0.1) is 0 Å². The van der Waals surface area contributed by atoms with E-state index in [1.807, 2.05) is 6.08 Å². The molecule has 0 radical (unpaired) electrons. The molecule has 47 heavy (non-hydrogen) atoms. The molecule has 0 aromatic carbocycles. The van der Waals surface area contributed by atoms with Crippen molar-refractivity contribution in [2.75, 3.05) is 6.61 Å². The van der Waals surface area contributed by atoms with Gasteiger partial charge in [-0.05, 0) is 44.9 Å². The fourth-order valence-electron chi connectivity index (χ4n) is 6.14. The van der Waals surface area contributed by atoms with Crippen LogP contribution in [0.4, 0.5) is 0 Å². The zero-order chi connectivity index (χ0) is 34.3. The number of hydrogen-bond donors (Lipinski definition) is 3. The Morgan fingerprint density at radius 1 is 0.511 bits per heavy atom. The molecule has 0 aromatic rings. The quantitative estimate of drug-likeness (QED) is 0.0459. The lowest BCUT2D eigenvalue weighted by atomic mass is 10.0. The van der Waals surface area contributed by atoms with Gasteiger partial charge < -0.3 is 15.5 Å². The molecule has 0 saturated carbocycles. The SMILES string of the molecule is CCCC/C=C\C/C=C\CCCCCCCC(=O)NC(CO)C(O)/C=C/CCCCCCCCCCCCCCCCCCCCC. The number of aliphatic hydroxyl groups is 2. The second kappa shape index (κ2) is 39.1. The van der Waals surface area contributed by atoms with Crippen LogP contribution in [0.1, 0.15) is 213 Å². The normalized spacial score (nSPS) is 13.4. The monoisotopic (exact) mass is 660 g/mol. The van der Waals surface area contributed by atoms with E-state index < -0.39 is 12.1 Å². The molecule has 2 atom stereocenters. The maximum atomic E-state index is 12.3. The summed E-state index contributed by atoms with van der Waals surface area (Å²) in [7, 11) is 0. The lowest BCUT2D eigenvalue weighted by molar-refractivity contribution is -0.123. The molecule has 0 fully saturated rings. The fourth-order valence-corrected chi connectivity index (χ4v) is 6.14. The highest BCUT2D eigenvalue weighted by Gasteiger charge is 2.17. The van der Waals surface area contributed by atoms with E-state index in [1.165, 1.54) is 148 Å². The van der Waals surface area contributed by atoms with Crippen molar-refractivity contribution < 1.29 is 15.0 Å². The van der Waals surface area contributed by atoms with E-state index >= 15 is 0 Å². The first kappa shape index (κ1) is 45.6. The van der Waals surface area contributed by atoms with Crippen LogP contribution in [0, 0.1) is 0 Å². The van der Waals surface area contributed by atoms with Crippen molar-refractivity contribution in [3.63, 3.8) is 0 Å². The molecule has 0 aliphatic carbocycles. The Morgan fingerprint density at radius 3 is 1.34 bits per heavy atom. The lowest BCUT2D eigenvalue weighted by Gasteiger charge is -2.20. The number of hydrogen-bond acceptors (Lipinski definition) is 3. The number of aliphatic hydroxyl groups excluding tert-OH is 2. The predicted octanol–water partition coefficient (Wildman–Crippen LogP) is 12.6. The molecule has 2 unspecified atom stereocenters. The molecule has 4 heteroatoms. The average molecular weight is 660 g/mol. The van der Waals surface area contributed by atoms with Gasteiger partial charge in [0, 0.05) is 6.42 Å². The Balaban J connectivity index is 3.58. The Kier molecular flexibility index (Phi) is 37.9. The van der Waals surface area contributed by atoms with Gasteiger partial charge in [0.2, 0.25) is 5.91 Å². The van der Waals surface area contributed by atoms with Crippen LogP contribution in [-0.4, -0.2) is 34.9 Å². The number of nitrogens with one attached hydrogen (secondary N) is 1. The molecule has 276 valence electrons. The third-order valence-electron chi connectivity index (χ3n) is 9.37. The van der Waals surface area contributed by atoms with Crippen LogP contribution in [0.25, 0.3) is 0 Å². The minimum atomic E-state index is -0.843. The van der Waals surface area contributed by atoms with Crippen LogP contribution < -0.4 is 5.32 Å².